The quantitative estimate of drug-likeness (QED) is 0.327. The number of rotatable bonds is 6. The van der Waals surface area contributed by atoms with Gasteiger partial charge in [-0.25, -0.2) is 5.48 Å². The number of nitrogens with one attached hydrogen (secondary N) is 2. The Balaban J connectivity index is 3.03. The van der Waals surface area contributed by atoms with Crippen LogP contribution in [0, 0.1) is 0 Å². The largest absolute Gasteiger partial charge is 0.322 e. The third-order valence-corrected chi connectivity index (χ3v) is 2.63. The molecule has 0 bridgehead atoms. The predicted molar refractivity (Wildman–Crippen MR) is 86.0 cm³/mol. The Morgan fingerprint density at radius 3 is 2.59 bits per heavy atom. The molecule has 0 unspecified atom stereocenters. The van der Waals surface area contributed by atoms with Crippen molar-refractivity contribution in [3.8, 4) is 0 Å². The molecule has 0 aliphatic rings. The second-order valence-electron chi connectivity index (χ2n) is 4.21. The summed E-state index contributed by atoms with van der Waals surface area (Å²) in [5.41, 5.74) is 3.06. The predicted octanol–water partition coefficient (Wildman–Crippen LogP) is 2.58. The zero-order chi connectivity index (χ0) is 16.4. The average molecular weight is 298 g/mol. The van der Waals surface area contributed by atoms with Crippen molar-refractivity contribution in [1.82, 2.24) is 10.8 Å². The number of benzene rings is 1. The third kappa shape index (κ3) is 5.22. The van der Waals surface area contributed by atoms with Crippen LogP contribution in [0.3, 0.4) is 0 Å². The monoisotopic (exact) mass is 298 g/mol. The van der Waals surface area contributed by atoms with Gasteiger partial charge in [-0.3, -0.25) is 14.8 Å². The van der Waals surface area contributed by atoms with E-state index in [9.17, 15) is 9.59 Å². The molecular formula is C17H18N2O3. The van der Waals surface area contributed by atoms with E-state index in [0.29, 0.717) is 16.8 Å². The van der Waals surface area contributed by atoms with Crippen LogP contribution in [0.25, 0.3) is 6.08 Å². The average Bonchev–Trinajstić information content (AvgIpc) is 2.53. The van der Waals surface area contributed by atoms with Gasteiger partial charge in [0.2, 0.25) is 0 Å². The highest BCUT2D eigenvalue weighted by Gasteiger charge is 2.09. The van der Waals surface area contributed by atoms with Crippen LogP contribution >= 0.6 is 0 Å². The van der Waals surface area contributed by atoms with E-state index in [1.54, 1.807) is 48.6 Å². The summed E-state index contributed by atoms with van der Waals surface area (Å²) in [4.78, 5) is 23.4. The summed E-state index contributed by atoms with van der Waals surface area (Å²) in [5, 5.41) is 11.2. The van der Waals surface area contributed by atoms with Crippen LogP contribution in [0.15, 0.2) is 66.9 Å². The fourth-order valence-corrected chi connectivity index (χ4v) is 1.70. The zero-order valence-corrected chi connectivity index (χ0v) is 12.2. The van der Waals surface area contributed by atoms with E-state index in [1.165, 1.54) is 11.6 Å². The second kappa shape index (κ2) is 9.10. The Morgan fingerprint density at radius 1 is 1.23 bits per heavy atom. The van der Waals surface area contributed by atoms with E-state index in [0.717, 1.165) is 6.08 Å². The van der Waals surface area contributed by atoms with Gasteiger partial charge >= 0.3 is 0 Å². The molecule has 0 saturated carbocycles. The number of carbonyl (C=O) groups is 2. The first-order valence-corrected chi connectivity index (χ1v) is 6.60. The molecule has 5 nitrogen and oxygen atoms in total. The summed E-state index contributed by atoms with van der Waals surface area (Å²) in [5.74, 6) is -0.979. The molecule has 114 valence electrons. The number of hydrogen-bond acceptors (Lipinski definition) is 3. The van der Waals surface area contributed by atoms with Crippen molar-refractivity contribution in [1.29, 1.82) is 0 Å². The van der Waals surface area contributed by atoms with Crippen molar-refractivity contribution in [2.24, 2.45) is 0 Å². The molecule has 3 N–H and O–H groups in total. The summed E-state index contributed by atoms with van der Waals surface area (Å²) < 4.78 is 0. The fraction of sp³-hybridized carbons (Fsp3) is 0.0588. The Labute approximate surface area is 129 Å². The highest BCUT2D eigenvalue weighted by molar-refractivity contribution is 6.00. The lowest BCUT2D eigenvalue weighted by Gasteiger charge is -2.08. The lowest BCUT2D eigenvalue weighted by molar-refractivity contribution is -0.124. The van der Waals surface area contributed by atoms with Crippen LogP contribution in [0.1, 0.15) is 22.8 Å². The molecule has 0 radical (unpaired) electrons. The summed E-state index contributed by atoms with van der Waals surface area (Å²) in [7, 11) is 0. The van der Waals surface area contributed by atoms with Crippen molar-refractivity contribution in [3.63, 3.8) is 0 Å². The molecule has 22 heavy (non-hydrogen) atoms. The summed E-state index contributed by atoms with van der Waals surface area (Å²) in [6.45, 7) is 5.44. The SMILES string of the molecule is C=C/C=C(\C=C/C)NC(=O)c1ccccc1/C=C/C(=O)NO. The van der Waals surface area contributed by atoms with Crippen molar-refractivity contribution in [3.05, 3.63) is 78.0 Å². The van der Waals surface area contributed by atoms with E-state index in [4.69, 9.17) is 5.21 Å². The molecule has 0 spiro atoms. The van der Waals surface area contributed by atoms with Crippen LogP contribution in [-0.4, -0.2) is 17.0 Å². The highest BCUT2D eigenvalue weighted by atomic mass is 16.5. The van der Waals surface area contributed by atoms with Crippen LogP contribution in [-0.2, 0) is 4.79 Å². The first-order chi connectivity index (χ1) is 10.6. The maximum atomic E-state index is 12.3. The van der Waals surface area contributed by atoms with Crippen LogP contribution in [0.4, 0.5) is 0 Å². The Kier molecular flexibility index (Phi) is 7.08. The van der Waals surface area contributed by atoms with E-state index in [-0.39, 0.29) is 5.91 Å². The molecule has 0 atom stereocenters. The zero-order valence-electron chi connectivity index (χ0n) is 12.2. The molecule has 1 rings (SSSR count). The van der Waals surface area contributed by atoms with Crippen molar-refractivity contribution in [2.75, 3.05) is 0 Å². The minimum Gasteiger partial charge on any atom is -0.322 e. The van der Waals surface area contributed by atoms with Crippen LogP contribution in [0.2, 0.25) is 0 Å². The molecular weight excluding hydrogens is 280 g/mol. The molecule has 0 fully saturated rings. The minimum absolute atomic E-state index is 0.309. The maximum absolute atomic E-state index is 12.3. The van der Waals surface area contributed by atoms with Gasteiger partial charge in [-0.2, -0.15) is 0 Å². The topological polar surface area (TPSA) is 78.4 Å². The first-order valence-electron chi connectivity index (χ1n) is 6.60. The Bertz CT molecular complexity index is 643. The van der Waals surface area contributed by atoms with Crippen molar-refractivity contribution >= 4 is 17.9 Å². The number of amides is 2. The van der Waals surface area contributed by atoms with Gasteiger partial charge in [-0.15, -0.1) is 0 Å². The Hall–Kier alpha value is -2.92. The lowest BCUT2D eigenvalue weighted by Crippen LogP contribution is -2.22. The van der Waals surface area contributed by atoms with Gasteiger partial charge in [0.05, 0.1) is 0 Å². The summed E-state index contributed by atoms with van der Waals surface area (Å²) >= 11 is 0. The smallest absolute Gasteiger partial charge is 0.267 e. The van der Waals surface area contributed by atoms with Gasteiger partial charge in [0.15, 0.2) is 0 Å². The number of allylic oxidation sites excluding steroid dienone is 4. The van der Waals surface area contributed by atoms with Gasteiger partial charge in [0.25, 0.3) is 11.8 Å². The van der Waals surface area contributed by atoms with Gasteiger partial charge in [0, 0.05) is 17.3 Å². The van der Waals surface area contributed by atoms with Gasteiger partial charge in [0.1, 0.15) is 0 Å². The third-order valence-electron chi connectivity index (χ3n) is 2.63. The fourth-order valence-electron chi connectivity index (χ4n) is 1.70. The van der Waals surface area contributed by atoms with Crippen molar-refractivity contribution in [2.45, 2.75) is 6.92 Å². The van der Waals surface area contributed by atoms with Crippen molar-refractivity contribution < 1.29 is 14.8 Å². The highest BCUT2D eigenvalue weighted by Crippen LogP contribution is 2.11. The van der Waals surface area contributed by atoms with Crippen LogP contribution in [0.5, 0.6) is 0 Å². The maximum Gasteiger partial charge on any atom is 0.267 e. The molecule has 5 heteroatoms. The lowest BCUT2D eigenvalue weighted by atomic mass is 10.1. The van der Waals surface area contributed by atoms with E-state index >= 15 is 0 Å². The first kappa shape index (κ1) is 17.1. The molecule has 0 aliphatic heterocycles. The van der Waals surface area contributed by atoms with E-state index < -0.39 is 5.91 Å². The van der Waals surface area contributed by atoms with Gasteiger partial charge < -0.3 is 5.32 Å². The molecule has 0 aliphatic carbocycles. The normalized spacial score (nSPS) is 11.6. The molecule has 1 aromatic rings. The molecule has 2 amide bonds. The minimum atomic E-state index is -0.670. The van der Waals surface area contributed by atoms with Gasteiger partial charge in [-0.05, 0) is 36.8 Å². The van der Waals surface area contributed by atoms with E-state index in [2.05, 4.69) is 11.9 Å². The molecule has 0 heterocycles. The molecule has 0 saturated heterocycles. The number of hydrogen-bond donors (Lipinski definition) is 3. The second-order valence-corrected chi connectivity index (χ2v) is 4.21. The van der Waals surface area contributed by atoms with Crippen LogP contribution < -0.4 is 10.8 Å². The number of hydroxylamine groups is 1. The van der Waals surface area contributed by atoms with Gasteiger partial charge in [-0.1, -0.05) is 36.9 Å². The number of carbonyl (C=O) groups excluding carboxylic acids is 2. The summed E-state index contributed by atoms with van der Waals surface area (Å²) in [6.07, 6.45) is 9.39. The van der Waals surface area contributed by atoms with E-state index in [1.807, 2.05) is 6.92 Å². The standard InChI is InChI=1S/C17H18N2O3/c1-3-7-14(8-4-2)18-17(21)15-10-6-5-9-13(15)11-12-16(20)19-22/h3-12,22H,1H2,2H3,(H,18,21)(H,19,20)/b8-4-,12-11+,14-7+. The molecule has 0 aromatic heterocycles. The molecule has 1 aromatic carbocycles. The Morgan fingerprint density at radius 2 is 1.95 bits per heavy atom. The summed E-state index contributed by atoms with van der Waals surface area (Å²) in [6, 6.07) is 6.82.